The topological polar surface area (TPSA) is 105 Å². The summed E-state index contributed by atoms with van der Waals surface area (Å²) in [5, 5.41) is 2.87. The quantitative estimate of drug-likeness (QED) is 0.560. The Morgan fingerprint density at radius 2 is 1.70 bits per heavy atom. The summed E-state index contributed by atoms with van der Waals surface area (Å²) in [6, 6.07) is 3.89. The zero-order valence-electron chi connectivity index (χ0n) is 17.6. The van der Waals surface area contributed by atoms with Crippen LogP contribution in [0.1, 0.15) is 45.7 Å². The SMILES string of the molecule is CC(C)[C@H](NC(=O)CN1C(=O)C(=O)N(C(C)C)C1=O)c1ccc2c(c1)OCCCO2. The maximum Gasteiger partial charge on any atom is 0.334 e. The summed E-state index contributed by atoms with van der Waals surface area (Å²) in [5.74, 6) is -1.12. The van der Waals surface area contributed by atoms with Gasteiger partial charge in [0.15, 0.2) is 11.5 Å². The van der Waals surface area contributed by atoms with Crippen molar-refractivity contribution >= 4 is 23.8 Å². The zero-order chi connectivity index (χ0) is 22.0. The van der Waals surface area contributed by atoms with Gasteiger partial charge in [0.2, 0.25) is 5.91 Å². The van der Waals surface area contributed by atoms with E-state index >= 15 is 0 Å². The lowest BCUT2D eigenvalue weighted by atomic mass is 9.95. The third kappa shape index (κ3) is 4.24. The first-order chi connectivity index (χ1) is 14.2. The Labute approximate surface area is 175 Å². The Morgan fingerprint density at radius 3 is 2.30 bits per heavy atom. The number of carbonyl (C=O) groups is 4. The minimum Gasteiger partial charge on any atom is -0.490 e. The molecular formula is C21H27N3O6. The molecule has 0 aromatic heterocycles. The molecule has 0 unspecified atom stereocenters. The molecule has 0 aliphatic carbocycles. The van der Waals surface area contributed by atoms with Crippen LogP contribution in [0.5, 0.6) is 11.5 Å². The number of carbonyl (C=O) groups excluding carboxylic acids is 4. The summed E-state index contributed by atoms with van der Waals surface area (Å²) in [4.78, 5) is 50.8. The highest BCUT2D eigenvalue weighted by atomic mass is 16.5. The monoisotopic (exact) mass is 417 g/mol. The van der Waals surface area contributed by atoms with Crippen molar-refractivity contribution in [1.29, 1.82) is 0 Å². The fraction of sp³-hybridized carbons (Fsp3) is 0.524. The van der Waals surface area contributed by atoms with Crippen LogP contribution in [0.3, 0.4) is 0 Å². The molecular weight excluding hydrogens is 390 g/mol. The molecule has 162 valence electrons. The Morgan fingerprint density at radius 1 is 1.03 bits per heavy atom. The van der Waals surface area contributed by atoms with Crippen molar-refractivity contribution in [1.82, 2.24) is 15.1 Å². The summed E-state index contributed by atoms with van der Waals surface area (Å²) in [6.07, 6.45) is 0.790. The predicted molar refractivity (Wildman–Crippen MR) is 107 cm³/mol. The molecule has 2 aliphatic rings. The lowest BCUT2D eigenvalue weighted by molar-refractivity contribution is -0.144. The summed E-state index contributed by atoms with van der Waals surface area (Å²) >= 11 is 0. The molecule has 30 heavy (non-hydrogen) atoms. The fourth-order valence-electron chi connectivity index (χ4n) is 3.49. The Bertz CT molecular complexity index is 866. The van der Waals surface area contributed by atoms with Crippen LogP contribution in [0.25, 0.3) is 0 Å². The molecule has 5 amide bonds. The van der Waals surface area contributed by atoms with Gasteiger partial charge in [0.1, 0.15) is 6.54 Å². The fourth-order valence-corrected chi connectivity index (χ4v) is 3.49. The molecule has 1 saturated heterocycles. The average molecular weight is 417 g/mol. The normalized spacial score (nSPS) is 17.6. The molecule has 3 rings (SSSR count). The minimum atomic E-state index is -0.986. The molecule has 1 N–H and O–H groups in total. The van der Waals surface area contributed by atoms with Crippen LogP contribution in [-0.2, 0) is 14.4 Å². The van der Waals surface area contributed by atoms with Gasteiger partial charge in [-0.15, -0.1) is 0 Å². The van der Waals surface area contributed by atoms with Gasteiger partial charge >= 0.3 is 17.8 Å². The van der Waals surface area contributed by atoms with E-state index in [4.69, 9.17) is 9.47 Å². The van der Waals surface area contributed by atoms with Crippen molar-refractivity contribution in [2.24, 2.45) is 5.92 Å². The largest absolute Gasteiger partial charge is 0.490 e. The van der Waals surface area contributed by atoms with Crippen LogP contribution in [0.4, 0.5) is 4.79 Å². The number of fused-ring (bicyclic) bond motifs is 1. The third-order valence-corrected chi connectivity index (χ3v) is 5.02. The lowest BCUT2D eigenvalue weighted by Gasteiger charge is -2.25. The van der Waals surface area contributed by atoms with Crippen LogP contribution < -0.4 is 14.8 Å². The molecule has 0 radical (unpaired) electrons. The van der Waals surface area contributed by atoms with E-state index in [-0.39, 0.29) is 12.0 Å². The number of nitrogens with zero attached hydrogens (tertiary/aromatic N) is 2. The Kier molecular flexibility index (Phi) is 6.28. The van der Waals surface area contributed by atoms with Crippen LogP contribution in [0, 0.1) is 5.92 Å². The highest BCUT2D eigenvalue weighted by Crippen LogP contribution is 2.34. The molecule has 1 fully saturated rings. The molecule has 9 nitrogen and oxygen atoms in total. The molecule has 1 aromatic carbocycles. The number of rotatable bonds is 6. The van der Waals surface area contributed by atoms with Crippen molar-refractivity contribution in [3.05, 3.63) is 23.8 Å². The second kappa shape index (κ2) is 8.73. The van der Waals surface area contributed by atoms with Crippen LogP contribution >= 0.6 is 0 Å². The van der Waals surface area contributed by atoms with E-state index in [0.29, 0.717) is 29.6 Å². The average Bonchev–Trinajstić information content (AvgIpc) is 2.85. The number of imide groups is 2. The van der Waals surface area contributed by atoms with Gasteiger partial charge in [-0.25, -0.2) is 9.69 Å². The van der Waals surface area contributed by atoms with Gasteiger partial charge < -0.3 is 14.8 Å². The number of nitrogens with one attached hydrogen (secondary N) is 1. The lowest BCUT2D eigenvalue weighted by Crippen LogP contribution is -2.44. The van der Waals surface area contributed by atoms with Crippen LogP contribution in [0.2, 0.25) is 0 Å². The first-order valence-electron chi connectivity index (χ1n) is 10.1. The van der Waals surface area contributed by atoms with E-state index in [1.165, 1.54) is 0 Å². The highest BCUT2D eigenvalue weighted by molar-refractivity contribution is 6.45. The molecule has 0 bridgehead atoms. The second-order valence-electron chi connectivity index (χ2n) is 7.99. The van der Waals surface area contributed by atoms with Crippen molar-refractivity contribution in [3.8, 4) is 11.5 Å². The van der Waals surface area contributed by atoms with Gasteiger partial charge in [-0.2, -0.15) is 0 Å². The zero-order valence-corrected chi connectivity index (χ0v) is 17.6. The number of hydrogen-bond donors (Lipinski definition) is 1. The maximum absolute atomic E-state index is 12.7. The predicted octanol–water partition coefficient (Wildman–Crippen LogP) is 1.86. The number of urea groups is 1. The van der Waals surface area contributed by atoms with E-state index < -0.39 is 36.3 Å². The molecule has 1 atom stereocenters. The van der Waals surface area contributed by atoms with E-state index in [1.54, 1.807) is 13.8 Å². The van der Waals surface area contributed by atoms with E-state index in [0.717, 1.165) is 16.9 Å². The third-order valence-electron chi connectivity index (χ3n) is 5.02. The van der Waals surface area contributed by atoms with Crippen molar-refractivity contribution in [2.45, 2.75) is 46.2 Å². The van der Waals surface area contributed by atoms with Gasteiger partial charge in [-0.1, -0.05) is 19.9 Å². The van der Waals surface area contributed by atoms with Gasteiger partial charge in [-0.05, 0) is 37.5 Å². The van der Waals surface area contributed by atoms with Crippen molar-refractivity contribution in [3.63, 3.8) is 0 Å². The smallest absolute Gasteiger partial charge is 0.334 e. The van der Waals surface area contributed by atoms with Gasteiger partial charge in [-0.3, -0.25) is 19.3 Å². The van der Waals surface area contributed by atoms with Crippen LogP contribution in [-0.4, -0.2) is 59.4 Å². The van der Waals surface area contributed by atoms with Gasteiger partial charge in [0.25, 0.3) is 0 Å². The molecule has 1 aromatic rings. The van der Waals surface area contributed by atoms with Gasteiger partial charge in [0.05, 0.1) is 19.3 Å². The molecule has 9 heteroatoms. The van der Waals surface area contributed by atoms with E-state index in [2.05, 4.69) is 5.32 Å². The number of benzene rings is 1. The molecule has 0 saturated carbocycles. The number of hydrogen-bond acceptors (Lipinski definition) is 6. The second-order valence-corrected chi connectivity index (χ2v) is 7.99. The van der Waals surface area contributed by atoms with Gasteiger partial charge in [0, 0.05) is 12.5 Å². The van der Waals surface area contributed by atoms with E-state index in [1.807, 2.05) is 32.0 Å². The summed E-state index contributed by atoms with van der Waals surface area (Å²) < 4.78 is 11.4. The highest BCUT2D eigenvalue weighted by Gasteiger charge is 2.46. The molecule has 2 heterocycles. The number of amides is 5. The first-order valence-corrected chi connectivity index (χ1v) is 10.1. The van der Waals surface area contributed by atoms with Crippen molar-refractivity contribution in [2.75, 3.05) is 19.8 Å². The summed E-state index contributed by atoms with van der Waals surface area (Å²) in [5.41, 5.74) is 0.821. The maximum atomic E-state index is 12.7. The van der Waals surface area contributed by atoms with Crippen molar-refractivity contribution < 1.29 is 28.7 Å². The minimum absolute atomic E-state index is 0.0254. The van der Waals surface area contributed by atoms with E-state index in [9.17, 15) is 19.2 Å². The summed E-state index contributed by atoms with van der Waals surface area (Å²) in [7, 11) is 0. The summed E-state index contributed by atoms with van der Waals surface area (Å²) in [6.45, 7) is 7.78. The Hall–Kier alpha value is -3.10. The molecule has 0 spiro atoms. The standard InChI is InChI=1S/C21H27N3O6/c1-12(2)18(14-6-7-15-16(10-14)30-9-5-8-29-15)22-17(25)11-23-19(26)20(27)24(13(3)4)21(23)28/h6-7,10,12-13,18H,5,8-9,11H2,1-4H3,(H,22,25)/t18-/m0/s1. The first kappa shape index (κ1) is 21.6. The van der Waals surface area contributed by atoms with Crippen LogP contribution in [0.15, 0.2) is 18.2 Å². The number of ether oxygens (including phenoxy) is 2. The Balaban J connectivity index is 1.74. The molecule has 2 aliphatic heterocycles.